The highest BCUT2D eigenvalue weighted by molar-refractivity contribution is 6.31. The molecule has 0 bridgehead atoms. The van der Waals surface area contributed by atoms with Gasteiger partial charge in [0.25, 0.3) is 5.91 Å². The van der Waals surface area contributed by atoms with Crippen LogP contribution in [0.1, 0.15) is 21.7 Å². The topological polar surface area (TPSA) is 86.9 Å². The number of carbonyl (C=O) groups is 1. The number of ether oxygens (including phenoxy) is 1. The van der Waals surface area contributed by atoms with Crippen LogP contribution in [0.15, 0.2) is 61.2 Å². The fraction of sp³-hybridized carbons (Fsp3) is 0.182. The van der Waals surface area contributed by atoms with Crippen LogP contribution >= 0.6 is 11.6 Å². The number of nitrogens with one attached hydrogen (secondary N) is 1. The van der Waals surface area contributed by atoms with Crippen LogP contribution in [-0.4, -0.2) is 37.1 Å². The number of aromatic nitrogens is 5. The summed E-state index contributed by atoms with van der Waals surface area (Å²) >= 11 is 6.23. The van der Waals surface area contributed by atoms with Gasteiger partial charge < -0.3 is 10.1 Å². The molecule has 2 aromatic heterocycles. The quantitative estimate of drug-likeness (QED) is 0.472. The second-order valence-corrected chi connectivity index (χ2v) is 7.31. The zero-order valence-corrected chi connectivity index (χ0v) is 17.9. The first-order valence-electron chi connectivity index (χ1n) is 9.70. The van der Waals surface area contributed by atoms with Gasteiger partial charge in [-0.25, -0.2) is 14.3 Å². The smallest absolute Gasteiger partial charge is 0.255 e. The van der Waals surface area contributed by atoms with Crippen molar-refractivity contribution in [2.45, 2.75) is 20.4 Å². The molecule has 4 aromatic rings. The number of hydrogen-bond donors (Lipinski definition) is 1. The van der Waals surface area contributed by atoms with E-state index in [-0.39, 0.29) is 5.91 Å². The summed E-state index contributed by atoms with van der Waals surface area (Å²) in [6.07, 6.45) is 3.11. The third kappa shape index (κ3) is 4.75. The van der Waals surface area contributed by atoms with Crippen LogP contribution < -0.4 is 10.1 Å². The Bertz CT molecular complexity index is 1190. The molecular formula is C22H21ClN6O2. The molecule has 158 valence electrons. The van der Waals surface area contributed by atoms with Gasteiger partial charge >= 0.3 is 0 Å². The third-order valence-electron chi connectivity index (χ3n) is 4.72. The highest BCUT2D eigenvalue weighted by Crippen LogP contribution is 2.23. The molecule has 2 aromatic carbocycles. The predicted octanol–water partition coefficient (Wildman–Crippen LogP) is 4.07. The fourth-order valence-corrected chi connectivity index (χ4v) is 3.22. The van der Waals surface area contributed by atoms with Crippen LogP contribution in [0.4, 0.5) is 5.69 Å². The molecule has 0 radical (unpaired) electrons. The summed E-state index contributed by atoms with van der Waals surface area (Å²) in [7, 11) is 0. The molecule has 0 aliphatic rings. The van der Waals surface area contributed by atoms with Crippen molar-refractivity contribution < 1.29 is 9.53 Å². The number of amides is 1. The van der Waals surface area contributed by atoms with Crippen LogP contribution in [0.3, 0.4) is 0 Å². The Morgan fingerprint density at radius 2 is 1.97 bits per heavy atom. The van der Waals surface area contributed by atoms with Crippen molar-refractivity contribution in [2.24, 2.45) is 0 Å². The van der Waals surface area contributed by atoms with E-state index in [0.29, 0.717) is 35.2 Å². The number of carbonyl (C=O) groups excluding carboxylic acids is 1. The molecule has 0 aliphatic heterocycles. The Labute approximate surface area is 184 Å². The van der Waals surface area contributed by atoms with Gasteiger partial charge in [-0.05, 0) is 50.2 Å². The SMILES string of the molecule is Cc1nn(-c2ccc(C(=O)Nc3cccc(OCCn4cncn4)c3)cc2)c(C)c1Cl. The van der Waals surface area contributed by atoms with Crippen LogP contribution in [-0.2, 0) is 6.54 Å². The van der Waals surface area contributed by atoms with Gasteiger partial charge in [0.05, 0.1) is 28.6 Å². The molecule has 8 nitrogen and oxygen atoms in total. The lowest BCUT2D eigenvalue weighted by molar-refractivity contribution is 0.102. The normalized spacial score (nSPS) is 10.8. The maximum Gasteiger partial charge on any atom is 0.255 e. The highest BCUT2D eigenvalue weighted by Gasteiger charge is 2.12. The van der Waals surface area contributed by atoms with Crippen LogP contribution in [0.25, 0.3) is 5.69 Å². The molecule has 31 heavy (non-hydrogen) atoms. The monoisotopic (exact) mass is 436 g/mol. The standard InChI is InChI=1S/C22H21ClN6O2/c1-15-21(23)16(2)29(27-15)19-8-6-17(7-9-19)22(30)26-18-4-3-5-20(12-18)31-11-10-28-14-24-13-25-28/h3-9,12-14H,10-11H2,1-2H3,(H,26,30). The van der Waals surface area contributed by atoms with E-state index < -0.39 is 0 Å². The van der Waals surface area contributed by atoms with Crippen molar-refractivity contribution in [1.29, 1.82) is 0 Å². The molecule has 0 saturated heterocycles. The van der Waals surface area contributed by atoms with E-state index in [1.807, 2.05) is 44.2 Å². The Balaban J connectivity index is 1.39. The van der Waals surface area contributed by atoms with E-state index in [2.05, 4.69) is 20.5 Å². The largest absolute Gasteiger partial charge is 0.492 e. The van der Waals surface area contributed by atoms with Crippen molar-refractivity contribution in [3.05, 3.63) is 83.2 Å². The van der Waals surface area contributed by atoms with Gasteiger partial charge in [0.2, 0.25) is 0 Å². The lowest BCUT2D eigenvalue weighted by Gasteiger charge is -2.10. The number of benzene rings is 2. The summed E-state index contributed by atoms with van der Waals surface area (Å²) in [5.74, 6) is 0.451. The zero-order chi connectivity index (χ0) is 21.8. The number of rotatable bonds is 7. The molecule has 1 amide bonds. The summed E-state index contributed by atoms with van der Waals surface area (Å²) in [5.41, 5.74) is 3.65. The van der Waals surface area contributed by atoms with Gasteiger partial charge in [-0.3, -0.25) is 4.79 Å². The molecule has 0 aliphatic carbocycles. The average molecular weight is 437 g/mol. The maximum absolute atomic E-state index is 12.7. The van der Waals surface area contributed by atoms with Gasteiger partial charge in [-0.2, -0.15) is 10.2 Å². The summed E-state index contributed by atoms with van der Waals surface area (Å²) in [5, 5.41) is 12.0. The van der Waals surface area contributed by atoms with Crippen molar-refractivity contribution >= 4 is 23.2 Å². The number of hydrogen-bond acceptors (Lipinski definition) is 5. The highest BCUT2D eigenvalue weighted by atomic mass is 35.5. The van der Waals surface area contributed by atoms with Crippen molar-refractivity contribution in [3.63, 3.8) is 0 Å². The van der Waals surface area contributed by atoms with E-state index in [4.69, 9.17) is 16.3 Å². The van der Waals surface area contributed by atoms with Crippen molar-refractivity contribution in [1.82, 2.24) is 24.5 Å². The van der Waals surface area contributed by atoms with Crippen LogP contribution in [0, 0.1) is 13.8 Å². The van der Waals surface area contributed by atoms with E-state index in [1.165, 1.54) is 6.33 Å². The molecule has 0 atom stereocenters. The summed E-state index contributed by atoms with van der Waals surface area (Å²) < 4.78 is 9.19. The minimum atomic E-state index is -0.210. The molecule has 0 unspecified atom stereocenters. The van der Waals surface area contributed by atoms with Gasteiger partial charge in [0, 0.05) is 17.3 Å². The lowest BCUT2D eigenvalue weighted by Crippen LogP contribution is -2.12. The molecule has 0 spiro atoms. The molecule has 4 rings (SSSR count). The first-order chi connectivity index (χ1) is 15.0. The van der Waals surface area contributed by atoms with E-state index in [1.54, 1.807) is 33.9 Å². The molecule has 0 fully saturated rings. The Morgan fingerprint density at radius 3 is 2.65 bits per heavy atom. The number of aryl methyl sites for hydroxylation is 1. The zero-order valence-electron chi connectivity index (χ0n) is 17.1. The van der Waals surface area contributed by atoms with Crippen molar-refractivity contribution in [2.75, 3.05) is 11.9 Å². The molecule has 1 N–H and O–H groups in total. The van der Waals surface area contributed by atoms with Gasteiger partial charge in [-0.1, -0.05) is 17.7 Å². The molecule has 0 saturated carbocycles. The van der Waals surface area contributed by atoms with Crippen molar-refractivity contribution in [3.8, 4) is 11.4 Å². The van der Waals surface area contributed by atoms with Gasteiger partial charge in [0.15, 0.2) is 0 Å². The summed E-state index contributed by atoms with van der Waals surface area (Å²) in [4.78, 5) is 16.5. The molecule has 9 heteroatoms. The van der Waals surface area contributed by atoms with E-state index >= 15 is 0 Å². The molecular weight excluding hydrogens is 416 g/mol. The Hall–Kier alpha value is -3.65. The number of nitrogens with zero attached hydrogens (tertiary/aromatic N) is 5. The lowest BCUT2D eigenvalue weighted by atomic mass is 10.2. The predicted molar refractivity (Wildman–Crippen MR) is 118 cm³/mol. The first-order valence-corrected chi connectivity index (χ1v) is 10.1. The summed E-state index contributed by atoms with van der Waals surface area (Å²) in [6.45, 7) is 4.80. The van der Waals surface area contributed by atoms with Gasteiger partial charge in [-0.15, -0.1) is 0 Å². The molecule has 2 heterocycles. The van der Waals surface area contributed by atoms with Crippen LogP contribution in [0.5, 0.6) is 5.75 Å². The fourth-order valence-electron chi connectivity index (χ4n) is 3.10. The van der Waals surface area contributed by atoms with Gasteiger partial charge in [0.1, 0.15) is 25.0 Å². The second kappa shape index (κ2) is 9.01. The second-order valence-electron chi connectivity index (χ2n) is 6.93. The Kier molecular flexibility index (Phi) is 5.99. The Morgan fingerprint density at radius 1 is 1.16 bits per heavy atom. The van der Waals surface area contributed by atoms with E-state index in [9.17, 15) is 4.79 Å². The number of halogens is 1. The minimum absolute atomic E-state index is 0.210. The third-order valence-corrected chi connectivity index (χ3v) is 5.27. The summed E-state index contributed by atoms with van der Waals surface area (Å²) in [6, 6.07) is 14.5. The van der Waals surface area contributed by atoms with Crippen LogP contribution in [0.2, 0.25) is 5.02 Å². The first kappa shape index (κ1) is 20.6. The number of anilines is 1. The van der Waals surface area contributed by atoms with E-state index in [0.717, 1.165) is 17.1 Å². The average Bonchev–Trinajstić information content (AvgIpc) is 3.38. The maximum atomic E-state index is 12.7. The minimum Gasteiger partial charge on any atom is -0.492 e.